The Morgan fingerprint density at radius 3 is 2.35 bits per heavy atom. The van der Waals surface area contributed by atoms with Crippen LogP contribution in [0.4, 0.5) is 5.88 Å². The molecule has 7 nitrogen and oxygen atoms in total. The third kappa shape index (κ3) is 4.56. The molecule has 3 rings (SSSR count). The lowest BCUT2D eigenvalue weighted by molar-refractivity contribution is -0.119. The van der Waals surface area contributed by atoms with Crippen LogP contribution < -0.4 is 5.32 Å². The number of aromatic nitrogens is 1. The van der Waals surface area contributed by atoms with Crippen molar-refractivity contribution >= 4 is 11.8 Å². The molecule has 31 heavy (non-hydrogen) atoms. The topological polar surface area (TPSA) is 116 Å². The third-order valence-electron chi connectivity index (χ3n) is 5.44. The number of phenolic OH excluding ortho intramolecular Hbond substituents is 2. The molecule has 1 heterocycles. The quantitative estimate of drug-likeness (QED) is 0.423. The first-order valence-corrected chi connectivity index (χ1v) is 10.3. The van der Waals surface area contributed by atoms with Gasteiger partial charge in [0, 0.05) is 17.5 Å². The molecule has 0 bridgehead atoms. The van der Waals surface area contributed by atoms with Crippen molar-refractivity contribution in [2.24, 2.45) is 5.92 Å². The Morgan fingerprint density at radius 2 is 1.77 bits per heavy atom. The van der Waals surface area contributed by atoms with Crippen molar-refractivity contribution < 1.29 is 24.6 Å². The summed E-state index contributed by atoms with van der Waals surface area (Å²) in [5, 5.41) is 37.1. The zero-order chi connectivity index (χ0) is 22.7. The maximum atomic E-state index is 12.5. The molecule has 0 spiro atoms. The van der Waals surface area contributed by atoms with Crippen LogP contribution in [-0.2, 0) is 11.4 Å². The molecule has 0 saturated heterocycles. The van der Waals surface area contributed by atoms with Gasteiger partial charge >= 0.3 is 0 Å². The lowest BCUT2D eigenvalue weighted by Crippen LogP contribution is -2.19. The summed E-state index contributed by atoms with van der Waals surface area (Å²) in [7, 11) is 0. The van der Waals surface area contributed by atoms with E-state index < -0.39 is 0 Å². The number of aromatic hydroxyl groups is 2. The molecule has 4 N–H and O–H groups in total. The van der Waals surface area contributed by atoms with Crippen LogP contribution in [0.25, 0.3) is 22.4 Å². The summed E-state index contributed by atoms with van der Waals surface area (Å²) in [6, 6.07) is 10.1. The van der Waals surface area contributed by atoms with Gasteiger partial charge in [-0.25, -0.2) is 0 Å². The molecule has 3 aromatic rings. The van der Waals surface area contributed by atoms with Gasteiger partial charge in [-0.2, -0.15) is 0 Å². The predicted octanol–water partition coefficient (Wildman–Crippen LogP) is 5.02. The summed E-state index contributed by atoms with van der Waals surface area (Å²) in [6.45, 7) is 7.52. The second-order valence-corrected chi connectivity index (χ2v) is 7.97. The first-order valence-electron chi connectivity index (χ1n) is 10.3. The fourth-order valence-electron chi connectivity index (χ4n) is 3.27. The fraction of sp³-hybridized carbons (Fsp3) is 0.333. The Morgan fingerprint density at radius 1 is 1.10 bits per heavy atom. The van der Waals surface area contributed by atoms with Crippen LogP contribution in [0.3, 0.4) is 0 Å². The van der Waals surface area contributed by atoms with Crippen molar-refractivity contribution in [3.05, 3.63) is 47.5 Å². The Bertz CT molecular complexity index is 1070. The number of nitrogens with one attached hydrogen (secondary N) is 1. The van der Waals surface area contributed by atoms with Crippen LogP contribution in [0, 0.1) is 5.92 Å². The van der Waals surface area contributed by atoms with E-state index in [4.69, 9.17) is 4.52 Å². The van der Waals surface area contributed by atoms with Gasteiger partial charge in [0.2, 0.25) is 11.8 Å². The summed E-state index contributed by atoms with van der Waals surface area (Å²) in [4.78, 5) is 12.5. The van der Waals surface area contributed by atoms with E-state index in [1.807, 2.05) is 27.7 Å². The molecule has 1 aromatic heterocycles. The second-order valence-electron chi connectivity index (χ2n) is 7.97. The van der Waals surface area contributed by atoms with Crippen molar-refractivity contribution in [2.75, 3.05) is 5.32 Å². The predicted molar refractivity (Wildman–Crippen MR) is 119 cm³/mol. The lowest BCUT2D eigenvalue weighted by Gasteiger charge is -2.13. The van der Waals surface area contributed by atoms with Crippen LogP contribution in [0.2, 0.25) is 0 Å². The number of rotatable bonds is 7. The molecule has 0 aliphatic rings. The van der Waals surface area contributed by atoms with E-state index in [1.54, 1.807) is 30.3 Å². The van der Waals surface area contributed by atoms with Crippen molar-refractivity contribution in [3.8, 4) is 33.9 Å². The monoisotopic (exact) mass is 424 g/mol. The maximum absolute atomic E-state index is 12.5. The average molecular weight is 424 g/mol. The number of hydrogen-bond donors (Lipinski definition) is 4. The Balaban J connectivity index is 2.19. The van der Waals surface area contributed by atoms with Crippen molar-refractivity contribution in [2.45, 2.75) is 46.6 Å². The van der Waals surface area contributed by atoms with Gasteiger partial charge < -0.3 is 19.8 Å². The highest BCUT2D eigenvalue weighted by molar-refractivity contribution is 5.98. The van der Waals surface area contributed by atoms with E-state index in [9.17, 15) is 20.1 Å². The summed E-state index contributed by atoms with van der Waals surface area (Å²) >= 11 is 0. The molecule has 7 heteroatoms. The number of aliphatic hydroxyl groups is 1. The molecule has 1 amide bonds. The van der Waals surface area contributed by atoms with Gasteiger partial charge in [-0.15, -0.1) is 0 Å². The van der Waals surface area contributed by atoms with E-state index in [1.165, 1.54) is 6.07 Å². The summed E-state index contributed by atoms with van der Waals surface area (Å²) in [6.07, 6.45) is 0.670. The van der Waals surface area contributed by atoms with E-state index >= 15 is 0 Å². The van der Waals surface area contributed by atoms with Crippen LogP contribution >= 0.6 is 0 Å². The van der Waals surface area contributed by atoms with Crippen molar-refractivity contribution in [1.82, 2.24) is 5.16 Å². The van der Waals surface area contributed by atoms with Gasteiger partial charge in [0.1, 0.15) is 17.2 Å². The minimum absolute atomic E-state index is 0.00103. The SMILES string of the molecule is CCC(C)C(=O)Nc1onc(-c2cc(C(C)C)c(O)cc2O)c1-c1ccc(CO)cc1. The number of carbonyl (C=O) groups excluding carboxylic acids is 1. The molecular weight excluding hydrogens is 396 g/mol. The van der Waals surface area contributed by atoms with Crippen LogP contribution in [0.5, 0.6) is 11.5 Å². The van der Waals surface area contributed by atoms with E-state index in [-0.39, 0.29) is 41.7 Å². The minimum atomic E-state index is -0.215. The average Bonchev–Trinajstić information content (AvgIpc) is 3.15. The zero-order valence-electron chi connectivity index (χ0n) is 18.1. The summed E-state index contributed by atoms with van der Waals surface area (Å²) < 4.78 is 5.51. The Labute approximate surface area is 181 Å². The first kappa shape index (κ1) is 22.4. The normalized spacial score (nSPS) is 12.2. The number of nitrogens with zero attached hydrogens (tertiary/aromatic N) is 1. The molecule has 1 unspecified atom stereocenters. The highest BCUT2D eigenvalue weighted by atomic mass is 16.5. The number of phenols is 2. The number of benzene rings is 2. The van der Waals surface area contributed by atoms with E-state index in [0.29, 0.717) is 34.4 Å². The van der Waals surface area contributed by atoms with Crippen LogP contribution in [-0.4, -0.2) is 26.4 Å². The number of carbonyl (C=O) groups is 1. The van der Waals surface area contributed by atoms with Crippen LogP contribution in [0.15, 0.2) is 40.9 Å². The molecule has 0 aliphatic heterocycles. The largest absolute Gasteiger partial charge is 0.508 e. The second kappa shape index (κ2) is 9.22. The van der Waals surface area contributed by atoms with Crippen molar-refractivity contribution in [1.29, 1.82) is 0 Å². The lowest BCUT2D eigenvalue weighted by atomic mass is 9.94. The van der Waals surface area contributed by atoms with Gasteiger partial charge in [0.05, 0.1) is 12.2 Å². The zero-order valence-corrected chi connectivity index (χ0v) is 18.1. The first-order chi connectivity index (χ1) is 14.8. The van der Waals surface area contributed by atoms with Gasteiger partial charge in [0.25, 0.3) is 0 Å². The molecule has 0 aliphatic carbocycles. The van der Waals surface area contributed by atoms with Gasteiger partial charge in [-0.05, 0) is 35.1 Å². The number of amides is 1. The maximum Gasteiger partial charge on any atom is 0.239 e. The minimum Gasteiger partial charge on any atom is -0.508 e. The third-order valence-corrected chi connectivity index (χ3v) is 5.44. The van der Waals surface area contributed by atoms with Gasteiger partial charge in [-0.1, -0.05) is 57.1 Å². The molecule has 1 atom stereocenters. The molecular formula is C24H28N2O5. The highest BCUT2D eigenvalue weighted by Gasteiger charge is 2.25. The van der Waals surface area contributed by atoms with E-state index in [0.717, 1.165) is 5.56 Å². The highest BCUT2D eigenvalue weighted by Crippen LogP contribution is 2.44. The summed E-state index contributed by atoms with van der Waals surface area (Å²) in [5.74, 6) is -0.370. The summed E-state index contributed by atoms with van der Waals surface area (Å²) in [5.41, 5.74) is 3.33. The number of anilines is 1. The van der Waals surface area contributed by atoms with Gasteiger partial charge in [-0.3, -0.25) is 10.1 Å². The van der Waals surface area contributed by atoms with E-state index in [2.05, 4.69) is 10.5 Å². The Hall–Kier alpha value is -3.32. The fourth-order valence-corrected chi connectivity index (χ4v) is 3.27. The molecule has 164 valence electrons. The van der Waals surface area contributed by atoms with Crippen molar-refractivity contribution in [3.63, 3.8) is 0 Å². The smallest absolute Gasteiger partial charge is 0.239 e. The molecule has 2 aromatic carbocycles. The number of hydrogen-bond acceptors (Lipinski definition) is 6. The standard InChI is InChI=1S/C24H28N2O5/c1-5-14(4)23(30)25-24-21(16-8-6-15(12-27)7-9-16)22(26-31-24)18-10-17(13(2)3)19(28)11-20(18)29/h6-11,13-14,27-29H,5,12H2,1-4H3,(H,25,30). The van der Waals surface area contributed by atoms with Gasteiger partial charge in [0.15, 0.2) is 0 Å². The number of aliphatic hydroxyl groups excluding tert-OH is 1. The molecule has 0 saturated carbocycles. The molecule has 0 fully saturated rings. The van der Waals surface area contributed by atoms with Crippen LogP contribution in [0.1, 0.15) is 51.2 Å². The Kier molecular flexibility index (Phi) is 6.65. The molecule has 0 radical (unpaired) electrons.